The van der Waals surface area contributed by atoms with Crippen molar-refractivity contribution in [2.24, 2.45) is 17.8 Å². The Morgan fingerprint density at radius 1 is 0.976 bits per heavy atom. The van der Waals surface area contributed by atoms with E-state index >= 15 is 0 Å². The molecule has 6 unspecified atom stereocenters. The predicted octanol–water partition coefficient (Wildman–Crippen LogP) is 5.14. The van der Waals surface area contributed by atoms with E-state index in [2.05, 4.69) is 4.74 Å². The number of halogens is 6. The van der Waals surface area contributed by atoms with E-state index in [1.165, 1.54) is 31.3 Å². The van der Waals surface area contributed by atoms with Gasteiger partial charge < -0.3 is 9.84 Å². The summed E-state index contributed by atoms with van der Waals surface area (Å²) < 4.78 is 43.3. The number of likely N-dealkylation sites (tertiary alicyclic amines) is 1. The van der Waals surface area contributed by atoms with Crippen molar-refractivity contribution < 1.29 is 42.2 Å². The summed E-state index contributed by atoms with van der Waals surface area (Å²) in [4.78, 5) is 51.8. The van der Waals surface area contributed by atoms with Gasteiger partial charge in [-0.05, 0) is 61.2 Å². The van der Waals surface area contributed by atoms with Crippen LogP contribution in [0, 0.1) is 17.8 Å². The number of ether oxygens (including phenoxy) is 1. The van der Waals surface area contributed by atoms with Crippen LogP contribution in [0.4, 0.5) is 18.9 Å². The van der Waals surface area contributed by atoms with Crippen molar-refractivity contribution in [3.05, 3.63) is 64.7 Å². The zero-order valence-electron chi connectivity index (χ0n) is 21.5. The summed E-state index contributed by atoms with van der Waals surface area (Å²) in [5.41, 5.74) is 0.331. The standard InChI is InChI=1S/C28H20Cl3F3N2O6/c1-35-24(40)26(30)11-18-15(7-8-16-20(18)23(39)36(22(16)38)13-4-2-12(29)3-5-13)21(27(26,31)25(35)41)17-10-14(6-9-19(17)37)42-28(32,33)34/h2-7,9-10,16,18,20-21,37H,8,11H2,1H3. The van der Waals surface area contributed by atoms with E-state index in [0.29, 0.717) is 10.6 Å². The molecule has 0 aromatic heterocycles. The number of anilines is 1. The number of allylic oxidation sites excluding steroid dienone is 2. The molecule has 2 aliphatic heterocycles. The Morgan fingerprint density at radius 3 is 2.29 bits per heavy atom. The molecule has 3 fully saturated rings. The van der Waals surface area contributed by atoms with E-state index < -0.39 is 74.9 Å². The lowest BCUT2D eigenvalue weighted by atomic mass is 9.56. The summed E-state index contributed by atoms with van der Waals surface area (Å²) in [7, 11) is 1.17. The first-order valence-corrected chi connectivity index (χ1v) is 13.9. The smallest absolute Gasteiger partial charge is 0.508 e. The van der Waals surface area contributed by atoms with Crippen LogP contribution in [0.25, 0.3) is 0 Å². The highest BCUT2D eigenvalue weighted by Gasteiger charge is 2.76. The molecule has 0 spiro atoms. The van der Waals surface area contributed by atoms with Gasteiger partial charge in [0.1, 0.15) is 11.5 Å². The van der Waals surface area contributed by atoms with Crippen LogP contribution in [-0.4, -0.2) is 56.8 Å². The number of imide groups is 2. The van der Waals surface area contributed by atoms with Crippen molar-refractivity contribution in [2.75, 3.05) is 11.9 Å². The summed E-state index contributed by atoms with van der Waals surface area (Å²) >= 11 is 20.0. The lowest BCUT2D eigenvalue weighted by molar-refractivity contribution is -0.274. The van der Waals surface area contributed by atoms with E-state index in [9.17, 15) is 37.5 Å². The Kier molecular flexibility index (Phi) is 6.42. The summed E-state index contributed by atoms with van der Waals surface area (Å²) in [5.74, 6) is -8.36. The second kappa shape index (κ2) is 9.36. The molecule has 4 aliphatic rings. The molecule has 6 rings (SSSR count). The molecule has 0 radical (unpaired) electrons. The van der Waals surface area contributed by atoms with Gasteiger partial charge in [0.05, 0.1) is 17.5 Å². The highest BCUT2D eigenvalue weighted by Crippen LogP contribution is 2.66. The number of hydrogen-bond donors (Lipinski definition) is 1. The average Bonchev–Trinajstić information content (AvgIpc) is 3.25. The summed E-state index contributed by atoms with van der Waals surface area (Å²) in [6.07, 6.45) is -3.76. The van der Waals surface area contributed by atoms with Crippen molar-refractivity contribution in [1.29, 1.82) is 0 Å². The van der Waals surface area contributed by atoms with Gasteiger partial charge in [0.25, 0.3) is 11.8 Å². The molecular formula is C28H20Cl3F3N2O6. The highest BCUT2D eigenvalue weighted by atomic mass is 35.5. The fourth-order valence-electron chi connectivity index (χ4n) is 6.90. The van der Waals surface area contributed by atoms with Crippen LogP contribution in [0.2, 0.25) is 5.02 Å². The minimum Gasteiger partial charge on any atom is -0.508 e. The molecule has 8 nitrogen and oxygen atoms in total. The van der Waals surface area contributed by atoms with Gasteiger partial charge in [-0.1, -0.05) is 23.3 Å². The number of phenolic OH excluding ortho intramolecular Hbond substituents is 1. The van der Waals surface area contributed by atoms with Crippen molar-refractivity contribution in [3.8, 4) is 11.5 Å². The van der Waals surface area contributed by atoms with E-state index in [0.717, 1.165) is 28.0 Å². The van der Waals surface area contributed by atoms with Gasteiger partial charge in [-0.2, -0.15) is 0 Å². The van der Waals surface area contributed by atoms with Crippen molar-refractivity contribution in [1.82, 2.24) is 4.90 Å². The van der Waals surface area contributed by atoms with Crippen LogP contribution >= 0.6 is 34.8 Å². The number of benzene rings is 2. The Bertz CT molecular complexity index is 1600. The molecule has 2 aliphatic carbocycles. The van der Waals surface area contributed by atoms with E-state index in [1.54, 1.807) is 6.08 Å². The maximum Gasteiger partial charge on any atom is 0.573 e. The normalized spacial score (nSPS) is 32.5. The van der Waals surface area contributed by atoms with Crippen molar-refractivity contribution >= 4 is 64.1 Å². The molecule has 1 N–H and O–H groups in total. The second-order valence-corrected chi connectivity index (χ2v) is 12.4. The first-order chi connectivity index (χ1) is 19.6. The van der Waals surface area contributed by atoms with Crippen LogP contribution in [0.5, 0.6) is 11.5 Å². The molecule has 2 aromatic rings. The summed E-state index contributed by atoms with van der Waals surface area (Å²) in [6, 6.07) is 8.77. The minimum atomic E-state index is -5.07. The summed E-state index contributed by atoms with van der Waals surface area (Å²) in [6.45, 7) is 0. The first kappa shape index (κ1) is 28.8. The molecule has 6 atom stereocenters. The Labute approximate surface area is 251 Å². The number of carbonyl (C=O) groups is 4. The van der Waals surface area contributed by atoms with Gasteiger partial charge in [0.15, 0.2) is 9.75 Å². The fraction of sp³-hybridized carbons (Fsp3) is 0.357. The lowest BCUT2D eigenvalue weighted by Gasteiger charge is -2.50. The van der Waals surface area contributed by atoms with E-state index in [-0.39, 0.29) is 24.1 Å². The molecule has 14 heteroatoms. The molecule has 2 heterocycles. The Balaban J connectivity index is 1.52. The quantitative estimate of drug-likeness (QED) is 0.282. The monoisotopic (exact) mass is 642 g/mol. The van der Waals surface area contributed by atoms with Crippen LogP contribution in [-0.2, 0) is 19.2 Å². The van der Waals surface area contributed by atoms with Gasteiger partial charge in [-0.15, -0.1) is 36.4 Å². The third-order valence-electron chi connectivity index (χ3n) is 8.64. The van der Waals surface area contributed by atoms with E-state index in [1.807, 2.05) is 0 Å². The van der Waals surface area contributed by atoms with Crippen molar-refractivity contribution in [2.45, 2.75) is 34.9 Å². The van der Waals surface area contributed by atoms with Gasteiger partial charge in [-0.25, -0.2) is 0 Å². The van der Waals surface area contributed by atoms with Gasteiger partial charge in [-0.3, -0.25) is 29.0 Å². The SMILES string of the molecule is CN1C(=O)C2(Cl)CC3C(=CCC4C(=O)N(c5ccc(Cl)cc5)C(=O)C43)C(c3cc(OC(F)(F)F)ccc3O)C2(Cl)C1=O. The number of aromatic hydroxyl groups is 1. The molecule has 42 heavy (non-hydrogen) atoms. The molecule has 4 amide bonds. The number of rotatable bonds is 3. The van der Waals surface area contributed by atoms with Crippen molar-refractivity contribution in [3.63, 3.8) is 0 Å². The molecule has 1 saturated carbocycles. The maximum atomic E-state index is 13.9. The molecule has 0 bridgehead atoms. The average molecular weight is 644 g/mol. The third kappa shape index (κ3) is 3.89. The molecule has 220 valence electrons. The lowest BCUT2D eigenvalue weighted by Crippen LogP contribution is -2.60. The first-order valence-electron chi connectivity index (χ1n) is 12.7. The van der Waals surface area contributed by atoms with Crippen LogP contribution < -0.4 is 9.64 Å². The molecular weight excluding hydrogens is 624 g/mol. The zero-order valence-corrected chi connectivity index (χ0v) is 23.8. The van der Waals surface area contributed by atoms with E-state index in [4.69, 9.17) is 34.8 Å². The topological polar surface area (TPSA) is 104 Å². The minimum absolute atomic E-state index is 0.0292. The number of alkyl halides is 5. The van der Waals surface area contributed by atoms with Crippen LogP contribution in [0.15, 0.2) is 54.1 Å². The van der Waals surface area contributed by atoms with Crippen LogP contribution in [0.3, 0.4) is 0 Å². The Hall–Kier alpha value is -3.28. The number of fused-ring (bicyclic) bond motifs is 4. The maximum absolute atomic E-state index is 13.9. The van der Waals surface area contributed by atoms with Gasteiger partial charge in [0.2, 0.25) is 11.8 Å². The largest absolute Gasteiger partial charge is 0.573 e. The molecule has 2 aromatic carbocycles. The second-order valence-electron chi connectivity index (χ2n) is 10.8. The van der Waals surface area contributed by atoms with Gasteiger partial charge >= 0.3 is 6.36 Å². The number of hydrogen-bond acceptors (Lipinski definition) is 6. The molecule has 2 saturated heterocycles. The van der Waals surface area contributed by atoms with Gasteiger partial charge in [0, 0.05) is 23.6 Å². The summed E-state index contributed by atoms with van der Waals surface area (Å²) in [5, 5.41) is 11.3. The third-order valence-corrected chi connectivity index (χ3v) is 10.3. The fourth-order valence-corrected chi connectivity index (χ4v) is 8.03. The number of nitrogens with zero attached hydrogens (tertiary/aromatic N) is 2. The predicted molar refractivity (Wildman–Crippen MR) is 144 cm³/mol. The zero-order chi connectivity index (χ0) is 30.5. The highest BCUT2D eigenvalue weighted by molar-refractivity contribution is 6.53. The number of amides is 4. The number of phenols is 1. The Morgan fingerprint density at radius 2 is 1.64 bits per heavy atom. The van der Waals surface area contributed by atoms with Crippen LogP contribution in [0.1, 0.15) is 24.3 Å². The number of carbonyl (C=O) groups excluding carboxylic acids is 4.